The van der Waals surface area contributed by atoms with E-state index in [2.05, 4.69) is 51.9 Å². The van der Waals surface area contributed by atoms with Crippen molar-refractivity contribution >= 4 is 22.6 Å². The Morgan fingerprint density at radius 1 is 1.65 bits per heavy atom. The lowest BCUT2D eigenvalue weighted by Crippen LogP contribution is -2.25. The molecule has 0 saturated carbocycles. The van der Waals surface area contributed by atoms with Crippen LogP contribution in [-0.2, 0) is 6.42 Å². The van der Waals surface area contributed by atoms with E-state index >= 15 is 0 Å². The van der Waals surface area contributed by atoms with Crippen molar-refractivity contribution < 1.29 is 0 Å². The summed E-state index contributed by atoms with van der Waals surface area (Å²) in [5.74, 6) is 0. The van der Waals surface area contributed by atoms with Crippen molar-refractivity contribution in [1.82, 2.24) is 10.3 Å². The number of aromatic nitrogens is 1. The lowest BCUT2D eigenvalue weighted by Gasteiger charge is -2.15. The Morgan fingerprint density at radius 3 is 2.94 bits per heavy atom. The van der Waals surface area contributed by atoms with Gasteiger partial charge in [0.15, 0.2) is 0 Å². The van der Waals surface area contributed by atoms with Gasteiger partial charge in [0.25, 0.3) is 0 Å². The Kier molecular flexibility index (Phi) is 6.10. The monoisotopic (exact) mass is 345 g/mol. The predicted molar refractivity (Wildman–Crippen MR) is 77.4 cm³/mol. The van der Waals surface area contributed by atoms with Crippen LogP contribution in [-0.4, -0.2) is 11.0 Å². The van der Waals surface area contributed by atoms with Crippen LogP contribution in [0.2, 0.25) is 0 Å². The largest absolute Gasteiger partial charge is 0.384 e. The Morgan fingerprint density at radius 2 is 2.41 bits per heavy atom. The topological polar surface area (TPSA) is 54.4 Å². The second-order valence-corrected chi connectivity index (χ2v) is 4.98. The third-order valence-electron chi connectivity index (χ3n) is 2.44. The fraction of sp³-hybridized carbons (Fsp3) is 0.417. The van der Waals surface area contributed by atoms with Crippen molar-refractivity contribution in [2.75, 3.05) is 0 Å². The Hall–Kier alpha value is -0.980. The molecule has 0 amide bonds. The van der Waals surface area contributed by atoms with Crippen LogP contribution in [0.25, 0.3) is 0 Å². The second-order valence-electron chi connectivity index (χ2n) is 3.88. The highest BCUT2D eigenvalue weighted by Gasteiger charge is 2.04. The lowest BCUT2D eigenvalue weighted by molar-refractivity contribution is 0.585. The van der Waals surface area contributed by atoms with Gasteiger partial charge in [-0.3, -0.25) is 4.98 Å². The Bertz CT molecular complexity index is 389. The molecule has 1 N–H and O–H groups in total. The zero-order chi connectivity index (χ0) is 12.7. The van der Waals surface area contributed by atoms with Crippen LogP contribution in [0, 0.1) is 8.61 Å². The van der Waals surface area contributed by atoms with E-state index in [0.29, 0.717) is 12.5 Å². The minimum atomic E-state index is 0.333. The number of hydrogen-bond acceptors (Lipinski definition) is 4. The van der Waals surface area contributed by atoms with Crippen LogP contribution in [0.1, 0.15) is 25.8 Å². The number of pyridine rings is 1. The molecule has 92 valence electrons. The SMILES string of the molecule is CCC(C)N/C(=C\N=O)Cc1ccc(I)nc1. The molecule has 1 unspecified atom stereocenters. The highest BCUT2D eigenvalue weighted by atomic mass is 127. The van der Waals surface area contributed by atoms with E-state index in [-0.39, 0.29) is 0 Å². The molecule has 17 heavy (non-hydrogen) atoms. The summed E-state index contributed by atoms with van der Waals surface area (Å²) < 4.78 is 0.959. The molecule has 4 nitrogen and oxygen atoms in total. The Balaban J connectivity index is 2.70. The van der Waals surface area contributed by atoms with Crippen molar-refractivity contribution in [3.8, 4) is 0 Å². The van der Waals surface area contributed by atoms with Gasteiger partial charge in [0, 0.05) is 24.4 Å². The molecule has 0 fully saturated rings. The zero-order valence-corrected chi connectivity index (χ0v) is 12.1. The molecule has 1 rings (SSSR count). The van der Waals surface area contributed by atoms with Crippen molar-refractivity contribution in [2.45, 2.75) is 32.7 Å². The first kappa shape index (κ1) is 14.1. The normalized spacial score (nSPS) is 13.2. The van der Waals surface area contributed by atoms with Crippen LogP contribution in [0.4, 0.5) is 0 Å². The van der Waals surface area contributed by atoms with Crippen LogP contribution in [0.5, 0.6) is 0 Å². The first-order chi connectivity index (χ1) is 8.15. The fourth-order valence-electron chi connectivity index (χ4n) is 1.35. The minimum absolute atomic E-state index is 0.333. The molecule has 1 heterocycles. The van der Waals surface area contributed by atoms with E-state index in [1.807, 2.05) is 18.3 Å². The number of halogens is 1. The Labute approximate surface area is 115 Å². The van der Waals surface area contributed by atoms with E-state index in [0.717, 1.165) is 21.4 Å². The van der Waals surface area contributed by atoms with Gasteiger partial charge < -0.3 is 5.32 Å². The van der Waals surface area contributed by atoms with Crippen molar-refractivity contribution in [3.63, 3.8) is 0 Å². The molecule has 1 aromatic heterocycles. The quantitative estimate of drug-likeness (QED) is 0.489. The number of nitrogens with one attached hydrogen (secondary N) is 1. The van der Waals surface area contributed by atoms with Crippen LogP contribution in [0.3, 0.4) is 0 Å². The van der Waals surface area contributed by atoms with Crippen LogP contribution >= 0.6 is 22.6 Å². The van der Waals surface area contributed by atoms with Gasteiger partial charge in [0.1, 0.15) is 3.70 Å². The van der Waals surface area contributed by atoms with Crippen LogP contribution in [0.15, 0.2) is 35.4 Å². The van der Waals surface area contributed by atoms with Gasteiger partial charge in [0.2, 0.25) is 0 Å². The minimum Gasteiger partial charge on any atom is -0.384 e. The molecule has 0 aliphatic heterocycles. The van der Waals surface area contributed by atoms with Gasteiger partial charge in [-0.05, 0) is 52.7 Å². The highest BCUT2D eigenvalue weighted by Crippen LogP contribution is 2.08. The van der Waals surface area contributed by atoms with E-state index in [1.165, 1.54) is 6.20 Å². The zero-order valence-electron chi connectivity index (χ0n) is 9.98. The summed E-state index contributed by atoms with van der Waals surface area (Å²) in [6, 6.07) is 4.29. The highest BCUT2D eigenvalue weighted by molar-refractivity contribution is 14.1. The van der Waals surface area contributed by atoms with Gasteiger partial charge in [-0.1, -0.05) is 13.0 Å². The molecule has 0 aromatic carbocycles. The molecule has 1 aromatic rings. The molecule has 1 atom stereocenters. The maximum Gasteiger partial charge on any atom is 0.101 e. The smallest absolute Gasteiger partial charge is 0.101 e. The summed E-state index contributed by atoms with van der Waals surface area (Å²) in [5.41, 5.74) is 1.90. The number of nitroso groups, excluding NO2 is 1. The van der Waals surface area contributed by atoms with Gasteiger partial charge in [-0.2, -0.15) is 0 Å². The second kappa shape index (κ2) is 7.37. The van der Waals surface area contributed by atoms with Crippen molar-refractivity contribution in [2.24, 2.45) is 5.18 Å². The number of hydrogen-bond donors (Lipinski definition) is 1. The van der Waals surface area contributed by atoms with Crippen molar-refractivity contribution in [1.29, 1.82) is 0 Å². The summed E-state index contributed by atoms with van der Waals surface area (Å²) in [4.78, 5) is 14.6. The molecule has 0 bridgehead atoms. The molecular weight excluding hydrogens is 329 g/mol. The van der Waals surface area contributed by atoms with Gasteiger partial charge >= 0.3 is 0 Å². The number of nitrogens with zero attached hydrogens (tertiary/aromatic N) is 2. The maximum absolute atomic E-state index is 10.3. The molecule has 0 aliphatic rings. The van der Waals surface area contributed by atoms with E-state index < -0.39 is 0 Å². The van der Waals surface area contributed by atoms with Gasteiger partial charge in [0.05, 0.1) is 6.20 Å². The number of rotatable bonds is 6. The summed E-state index contributed by atoms with van der Waals surface area (Å²) in [6.45, 7) is 4.17. The van der Waals surface area contributed by atoms with Crippen LogP contribution < -0.4 is 5.32 Å². The van der Waals surface area contributed by atoms with E-state index in [1.54, 1.807) is 0 Å². The van der Waals surface area contributed by atoms with E-state index in [9.17, 15) is 4.91 Å². The molecule has 0 radical (unpaired) electrons. The lowest BCUT2D eigenvalue weighted by atomic mass is 10.1. The average molecular weight is 345 g/mol. The molecule has 0 aliphatic carbocycles. The molecule has 5 heteroatoms. The summed E-state index contributed by atoms with van der Waals surface area (Å²) in [6.07, 6.45) is 4.81. The average Bonchev–Trinajstić information content (AvgIpc) is 2.32. The summed E-state index contributed by atoms with van der Waals surface area (Å²) in [7, 11) is 0. The molecule has 0 saturated heterocycles. The third kappa shape index (κ3) is 5.25. The first-order valence-corrected chi connectivity index (χ1v) is 6.62. The third-order valence-corrected chi connectivity index (χ3v) is 3.07. The van der Waals surface area contributed by atoms with E-state index in [4.69, 9.17) is 0 Å². The fourth-order valence-corrected chi connectivity index (χ4v) is 1.67. The predicted octanol–water partition coefficient (Wildman–Crippen LogP) is 3.22. The van der Waals surface area contributed by atoms with Gasteiger partial charge in [-0.25, -0.2) is 0 Å². The molecule has 0 spiro atoms. The standard InChI is InChI=1S/C12H16IN3O/c1-3-9(2)16-11(8-15-17)6-10-4-5-12(13)14-7-10/h4-5,7-9,16H,3,6H2,1-2H3/b11-8-. The van der Waals surface area contributed by atoms with Gasteiger partial charge in [-0.15, -0.1) is 4.91 Å². The summed E-state index contributed by atoms with van der Waals surface area (Å²) >= 11 is 2.16. The molecular formula is C12H16IN3O. The van der Waals surface area contributed by atoms with Crippen molar-refractivity contribution in [3.05, 3.63) is 44.4 Å². The number of allylic oxidation sites excluding steroid dienone is 1. The first-order valence-electron chi connectivity index (χ1n) is 5.54. The maximum atomic E-state index is 10.3. The summed E-state index contributed by atoms with van der Waals surface area (Å²) in [5, 5.41) is 6.11.